The summed E-state index contributed by atoms with van der Waals surface area (Å²) in [6, 6.07) is 12.8. The highest BCUT2D eigenvalue weighted by atomic mass is 19.1. The molecular weight excluding hydrogens is 324 g/mol. The number of benzene rings is 2. The summed E-state index contributed by atoms with van der Waals surface area (Å²) in [7, 11) is 0. The van der Waals surface area contributed by atoms with Gasteiger partial charge in [-0.3, -0.25) is 4.79 Å². The van der Waals surface area contributed by atoms with Gasteiger partial charge in [-0.1, -0.05) is 30.3 Å². The Balaban J connectivity index is 1.57. The van der Waals surface area contributed by atoms with Crippen LogP contribution in [0.15, 0.2) is 48.5 Å². The first-order valence-electron chi connectivity index (χ1n) is 8.51. The summed E-state index contributed by atoms with van der Waals surface area (Å²) in [4.78, 5) is 14.0. The average Bonchev–Trinajstić information content (AvgIpc) is 2.62. The molecule has 1 saturated heterocycles. The molecule has 0 unspecified atom stereocenters. The van der Waals surface area contributed by atoms with Gasteiger partial charge in [-0.2, -0.15) is 0 Å². The van der Waals surface area contributed by atoms with Gasteiger partial charge in [-0.15, -0.1) is 0 Å². The quantitative estimate of drug-likeness (QED) is 0.922. The van der Waals surface area contributed by atoms with E-state index in [1.807, 2.05) is 30.3 Å². The Morgan fingerprint density at radius 1 is 1.12 bits per heavy atom. The zero-order chi connectivity index (χ0) is 17.8. The van der Waals surface area contributed by atoms with Gasteiger partial charge in [-0.05, 0) is 42.9 Å². The van der Waals surface area contributed by atoms with E-state index < -0.39 is 23.6 Å². The molecule has 3 rings (SSSR count). The maximum Gasteiger partial charge on any atom is 0.256 e. The number of hydrogen-bond donors (Lipinski definition) is 1. The van der Waals surface area contributed by atoms with E-state index >= 15 is 0 Å². The van der Waals surface area contributed by atoms with Crippen molar-refractivity contribution in [1.29, 1.82) is 0 Å². The van der Waals surface area contributed by atoms with E-state index in [1.54, 1.807) is 4.90 Å². The lowest BCUT2D eigenvalue weighted by Gasteiger charge is -2.34. The summed E-state index contributed by atoms with van der Waals surface area (Å²) < 4.78 is 26.8. The molecular formula is C20H21F2NO2. The number of likely N-dealkylation sites (tertiary alicyclic amines) is 1. The van der Waals surface area contributed by atoms with Crippen LogP contribution < -0.4 is 0 Å². The monoisotopic (exact) mass is 345 g/mol. The molecule has 1 aliphatic heterocycles. The number of carbonyl (C=O) groups is 1. The summed E-state index contributed by atoms with van der Waals surface area (Å²) in [6.07, 6.45) is 1.47. The van der Waals surface area contributed by atoms with E-state index in [1.165, 1.54) is 6.07 Å². The molecule has 1 amide bonds. The summed E-state index contributed by atoms with van der Waals surface area (Å²) in [5.41, 5.74) is 0.978. The lowest BCUT2D eigenvalue weighted by molar-refractivity contribution is 0.0464. The number of carbonyl (C=O) groups excluding carboxylic acids is 1. The second-order valence-electron chi connectivity index (χ2n) is 6.51. The number of nitrogens with zero attached hydrogens (tertiary/aromatic N) is 1. The minimum absolute atomic E-state index is 0.107. The third-order valence-electron chi connectivity index (χ3n) is 4.82. The summed E-state index contributed by atoms with van der Waals surface area (Å²) >= 11 is 0. The van der Waals surface area contributed by atoms with E-state index in [0.717, 1.165) is 17.7 Å². The van der Waals surface area contributed by atoms with Crippen LogP contribution in [0.25, 0.3) is 0 Å². The van der Waals surface area contributed by atoms with Gasteiger partial charge in [0, 0.05) is 19.2 Å². The number of aliphatic hydroxyl groups is 1. The Labute approximate surface area is 145 Å². The highest BCUT2D eigenvalue weighted by molar-refractivity contribution is 5.94. The van der Waals surface area contributed by atoms with Gasteiger partial charge in [-0.25, -0.2) is 8.78 Å². The van der Waals surface area contributed by atoms with Gasteiger partial charge >= 0.3 is 0 Å². The fourth-order valence-corrected chi connectivity index (χ4v) is 3.34. The first-order chi connectivity index (χ1) is 12.0. The summed E-state index contributed by atoms with van der Waals surface area (Å²) in [6.45, 7) is 0.929. The zero-order valence-corrected chi connectivity index (χ0v) is 13.9. The lowest BCUT2D eigenvalue weighted by atomic mass is 9.87. The standard InChI is InChI=1S/C20H21F2NO2/c21-16-6-7-17(18(22)13-16)20(25)23-10-8-15(9-11-23)19(24)12-14-4-2-1-3-5-14/h1-7,13,15,19,24H,8-12H2/t19-/m1/s1. The van der Waals surface area contributed by atoms with E-state index in [0.29, 0.717) is 32.4 Å². The SMILES string of the molecule is O=C(c1ccc(F)cc1F)N1CCC([C@H](O)Cc2ccccc2)CC1. The molecule has 0 aliphatic carbocycles. The first-order valence-corrected chi connectivity index (χ1v) is 8.51. The first kappa shape index (κ1) is 17.5. The third-order valence-corrected chi connectivity index (χ3v) is 4.82. The predicted octanol–water partition coefficient (Wildman–Crippen LogP) is 3.42. The van der Waals surface area contributed by atoms with E-state index in [2.05, 4.69) is 0 Å². The molecule has 0 saturated carbocycles. The van der Waals surface area contributed by atoms with Crippen molar-refractivity contribution < 1.29 is 18.7 Å². The van der Waals surface area contributed by atoms with Crippen molar-refractivity contribution in [2.45, 2.75) is 25.4 Å². The molecule has 5 heteroatoms. The number of hydrogen-bond acceptors (Lipinski definition) is 2. The minimum Gasteiger partial charge on any atom is -0.392 e. The molecule has 2 aromatic rings. The van der Waals surface area contributed by atoms with E-state index in [9.17, 15) is 18.7 Å². The van der Waals surface area contributed by atoms with Crippen LogP contribution in [0.3, 0.4) is 0 Å². The Hall–Kier alpha value is -2.27. The van der Waals surface area contributed by atoms with Crippen LogP contribution in [0, 0.1) is 17.6 Å². The third kappa shape index (κ3) is 4.23. The van der Waals surface area contributed by atoms with Crippen LogP contribution in [0.2, 0.25) is 0 Å². The number of rotatable bonds is 4. The second-order valence-corrected chi connectivity index (χ2v) is 6.51. The minimum atomic E-state index is -0.837. The molecule has 132 valence electrons. The highest BCUT2D eigenvalue weighted by Gasteiger charge is 2.29. The Bertz CT molecular complexity index is 728. The average molecular weight is 345 g/mol. The molecule has 1 N–H and O–H groups in total. The lowest BCUT2D eigenvalue weighted by Crippen LogP contribution is -2.42. The molecule has 0 spiro atoms. The normalized spacial score (nSPS) is 16.7. The van der Waals surface area contributed by atoms with Crippen molar-refractivity contribution in [3.63, 3.8) is 0 Å². The molecule has 1 fully saturated rings. The number of aliphatic hydroxyl groups excluding tert-OH is 1. The smallest absolute Gasteiger partial charge is 0.256 e. The predicted molar refractivity (Wildman–Crippen MR) is 91.1 cm³/mol. The van der Waals surface area contributed by atoms with Crippen molar-refractivity contribution in [2.24, 2.45) is 5.92 Å². The summed E-state index contributed by atoms with van der Waals surface area (Å²) in [5.74, 6) is -1.84. The topological polar surface area (TPSA) is 40.5 Å². The van der Waals surface area contributed by atoms with Crippen molar-refractivity contribution in [3.8, 4) is 0 Å². The molecule has 25 heavy (non-hydrogen) atoms. The van der Waals surface area contributed by atoms with Gasteiger partial charge in [0.25, 0.3) is 5.91 Å². The van der Waals surface area contributed by atoms with E-state index in [4.69, 9.17) is 0 Å². The molecule has 0 aromatic heterocycles. The van der Waals surface area contributed by atoms with Crippen LogP contribution in [-0.2, 0) is 6.42 Å². The molecule has 0 radical (unpaired) electrons. The zero-order valence-electron chi connectivity index (χ0n) is 13.9. The maximum absolute atomic E-state index is 13.8. The van der Waals surface area contributed by atoms with Crippen molar-refractivity contribution in [2.75, 3.05) is 13.1 Å². The van der Waals surface area contributed by atoms with Crippen LogP contribution in [0.4, 0.5) is 8.78 Å². The summed E-state index contributed by atoms with van der Waals surface area (Å²) in [5, 5.41) is 10.4. The Morgan fingerprint density at radius 2 is 1.80 bits per heavy atom. The molecule has 1 heterocycles. The van der Waals surface area contributed by atoms with Crippen molar-refractivity contribution in [3.05, 3.63) is 71.3 Å². The van der Waals surface area contributed by atoms with Gasteiger partial charge < -0.3 is 10.0 Å². The van der Waals surface area contributed by atoms with Gasteiger partial charge in [0.15, 0.2) is 0 Å². The molecule has 1 aliphatic rings. The molecule has 2 aromatic carbocycles. The van der Waals surface area contributed by atoms with Crippen LogP contribution in [-0.4, -0.2) is 35.1 Å². The fraction of sp³-hybridized carbons (Fsp3) is 0.350. The number of amides is 1. The van der Waals surface area contributed by atoms with Crippen LogP contribution in [0.1, 0.15) is 28.8 Å². The van der Waals surface area contributed by atoms with E-state index in [-0.39, 0.29) is 11.5 Å². The van der Waals surface area contributed by atoms with Crippen LogP contribution >= 0.6 is 0 Å². The van der Waals surface area contributed by atoms with Gasteiger partial charge in [0.1, 0.15) is 11.6 Å². The Kier molecular flexibility index (Phi) is 5.43. The largest absolute Gasteiger partial charge is 0.392 e. The number of piperidine rings is 1. The second kappa shape index (κ2) is 7.74. The Morgan fingerprint density at radius 3 is 2.44 bits per heavy atom. The van der Waals surface area contributed by atoms with Gasteiger partial charge in [0.05, 0.1) is 11.7 Å². The molecule has 1 atom stereocenters. The fourth-order valence-electron chi connectivity index (χ4n) is 3.34. The number of halogens is 2. The van der Waals surface area contributed by atoms with Crippen molar-refractivity contribution in [1.82, 2.24) is 4.90 Å². The highest BCUT2D eigenvalue weighted by Crippen LogP contribution is 2.24. The maximum atomic E-state index is 13.8. The molecule has 0 bridgehead atoms. The molecule has 3 nitrogen and oxygen atoms in total. The van der Waals surface area contributed by atoms with Gasteiger partial charge in [0.2, 0.25) is 0 Å². The van der Waals surface area contributed by atoms with Crippen LogP contribution in [0.5, 0.6) is 0 Å². The van der Waals surface area contributed by atoms with Crippen molar-refractivity contribution >= 4 is 5.91 Å².